The fourth-order valence-electron chi connectivity index (χ4n) is 6.14. The van der Waals surface area contributed by atoms with Gasteiger partial charge in [-0.2, -0.15) is 0 Å². The van der Waals surface area contributed by atoms with E-state index in [0.29, 0.717) is 12.8 Å². The maximum atomic E-state index is 12.4. The Labute approximate surface area is 139 Å². The van der Waals surface area contributed by atoms with Crippen LogP contribution < -0.4 is 5.32 Å². The van der Waals surface area contributed by atoms with E-state index in [0.717, 1.165) is 43.7 Å². The number of nitrogens with zero attached hydrogens (tertiary/aromatic N) is 1. The van der Waals surface area contributed by atoms with Crippen LogP contribution in [0.5, 0.6) is 0 Å². The van der Waals surface area contributed by atoms with Crippen LogP contribution in [-0.2, 0) is 9.59 Å². The Kier molecular flexibility index (Phi) is 4.10. The second-order valence-electron chi connectivity index (χ2n) is 8.69. The molecule has 1 heterocycles. The number of hydrogen-bond donors (Lipinski definition) is 1. The fraction of sp³-hybridized carbons (Fsp3) is 0.895. The van der Waals surface area contributed by atoms with Gasteiger partial charge >= 0.3 is 0 Å². The van der Waals surface area contributed by atoms with Crippen LogP contribution in [0.15, 0.2) is 0 Å². The molecule has 0 aromatic rings. The first-order valence-corrected chi connectivity index (χ1v) is 9.71. The summed E-state index contributed by atoms with van der Waals surface area (Å²) in [6, 6.07) is 0. The lowest BCUT2D eigenvalue weighted by Crippen LogP contribution is -2.59. The summed E-state index contributed by atoms with van der Waals surface area (Å²) in [5.41, 5.74) is 0.0833. The predicted octanol–water partition coefficient (Wildman–Crippen LogP) is 2.86. The van der Waals surface area contributed by atoms with Crippen molar-refractivity contribution >= 4 is 11.8 Å². The molecule has 0 aromatic heterocycles. The van der Waals surface area contributed by atoms with Crippen LogP contribution >= 0.6 is 0 Å². The maximum absolute atomic E-state index is 12.4. The van der Waals surface area contributed by atoms with Crippen molar-refractivity contribution in [2.75, 3.05) is 13.1 Å². The van der Waals surface area contributed by atoms with Gasteiger partial charge in [0.15, 0.2) is 0 Å². The van der Waals surface area contributed by atoms with E-state index in [1.165, 1.54) is 44.9 Å². The first-order valence-electron chi connectivity index (χ1n) is 9.71. The molecule has 0 spiro atoms. The van der Waals surface area contributed by atoms with Gasteiger partial charge in [-0.15, -0.1) is 0 Å². The molecule has 2 amide bonds. The second kappa shape index (κ2) is 6.10. The van der Waals surface area contributed by atoms with Crippen molar-refractivity contribution in [3.8, 4) is 0 Å². The van der Waals surface area contributed by atoms with Crippen molar-refractivity contribution in [2.45, 2.75) is 76.2 Å². The maximum Gasteiger partial charge on any atom is 0.223 e. The van der Waals surface area contributed by atoms with E-state index in [1.807, 2.05) is 4.90 Å². The van der Waals surface area contributed by atoms with Crippen LogP contribution in [0.4, 0.5) is 0 Å². The topological polar surface area (TPSA) is 49.4 Å². The van der Waals surface area contributed by atoms with Gasteiger partial charge in [0.2, 0.25) is 11.8 Å². The monoisotopic (exact) mass is 318 g/mol. The predicted molar refractivity (Wildman–Crippen MR) is 88.7 cm³/mol. The lowest BCUT2D eigenvalue weighted by molar-refractivity contribution is -0.135. The number of amides is 2. The molecule has 4 heteroatoms. The molecule has 1 saturated heterocycles. The Hall–Kier alpha value is -1.06. The molecule has 1 aliphatic heterocycles. The smallest absolute Gasteiger partial charge is 0.223 e. The Morgan fingerprint density at radius 1 is 0.870 bits per heavy atom. The van der Waals surface area contributed by atoms with E-state index in [2.05, 4.69) is 5.32 Å². The number of carbonyl (C=O) groups is 2. The molecule has 128 valence electrons. The van der Waals surface area contributed by atoms with Crippen molar-refractivity contribution in [1.29, 1.82) is 0 Å². The third-order valence-electron chi connectivity index (χ3n) is 6.72. The number of rotatable bonds is 4. The lowest BCUT2D eigenvalue weighted by Gasteiger charge is -2.56. The van der Waals surface area contributed by atoms with Crippen LogP contribution in [0.2, 0.25) is 0 Å². The number of nitrogens with one attached hydrogen (secondary N) is 1. The SMILES string of the molecule is O=C(CCC(=O)N1CCCCC1)NC12CC3CC(CC(C3)C1)C2. The molecule has 23 heavy (non-hydrogen) atoms. The first-order chi connectivity index (χ1) is 11.1. The second-order valence-corrected chi connectivity index (χ2v) is 8.69. The van der Waals surface area contributed by atoms with Crippen molar-refractivity contribution in [2.24, 2.45) is 17.8 Å². The summed E-state index contributed by atoms with van der Waals surface area (Å²) in [6.45, 7) is 1.77. The number of piperidine rings is 1. The van der Waals surface area contributed by atoms with E-state index in [1.54, 1.807) is 0 Å². The van der Waals surface area contributed by atoms with Crippen LogP contribution in [0.1, 0.15) is 70.6 Å². The minimum Gasteiger partial charge on any atom is -0.351 e. The van der Waals surface area contributed by atoms with Crippen molar-refractivity contribution in [3.63, 3.8) is 0 Å². The van der Waals surface area contributed by atoms with E-state index in [4.69, 9.17) is 0 Å². The fourth-order valence-corrected chi connectivity index (χ4v) is 6.14. The summed E-state index contributed by atoms with van der Waals surface area (Å²) in [7, 11) is 0. The molecule has 4 saturated carbocycles. The molecule has 4 nitrogen and oxygen atoms in total. The molecule has 0 radical (unpaired) electrons. The van der Waals surface area contributed by atoms with Gasteiger partial charge in [0.05, 0.1) is 0 Å². The van der Waals surface area contributed by atoms with Gasteiger partial charge in [0.1, 0.15) is 0 Å². The zero-order valence-corrected chi connectivity index (χ0v) is 14.2. The van der Waals surface area contributed by atoms with Gasteiger partial charge in [-0.1, -0.05) is 0 Å². The highest BCUT2D eigenvalue weighted by Crippen LogP contribution is 2.55. The van der Waals surface area contributed by atoms with Gasteiger partial charge in [-0.3, -0.25) is 9.59 Å². The van der Waals surface area contributed by atoms with Crippen molar-refractivity contribution < 1.29 is 9.59 Å². The van der Waals surface area contributed by atoms with E-state index in [-0.39, 0.29) is 17.4 Å². The molecular formula is C19H30N2O2. The Morgan fingerprint density at radius 3 is 2.00 bits per heavy atom. The van der Waals surface area contributed by atoms with Gasteiger partial charge in [0.25, 0.3) is 0 Å². The average molecular weight is 318 g/mol. The Morgan fingerprint density at radius 2 is 1.43 bits per heavy atom. The zero-order chi connectivity index (χ0) is 15.9. The zero-order valence-electron chi connectivity index (χ0n) is 14.2. The largest absolute Gasteiger partial charge is 0.351 e. The normalized spacial score (nSPS) is 38.6. The molecule has 1 N–H and O–H groups in total. The van der Waals surface area contributed by atoms with Crippen LogP contribution in [-0.4, -0.2) is 35.3 Å². The highest BCUT2D eigenvalue weighted by molar-refractivity contribution is 5.84. The van der Waals surface area contributed by atoms with Crippen LogP contribution in [0.3, 0.4) is 0 Å². The van der Waals surface area contributed by atoms with E-state index in [9.17, 15) is 9.59 Å². The first kappa shape index (κ1) is 15.5. The third-order valence-corrected chi connectivity index (χ3v) is 6.72. The highest BCUT2D eigenvalue weighted by Gasteiger charge is 2.51. The standard InChI is InChI=1S/C19H30N2O2/c22-17(4-5-18(23)21-6-2-1-3-7-21)20-19-11-14-8-15(12-19)10-16(9-14)13-19/h14-16H,1-13H2,(H,20,22). The third kappa shape index (κ3) is 3.27. The summed E-state index contributed by atoms with van der Waals surface area (Å²) in [5, 5.41) is 3.37. The minimum atomic E-state index is 0.0833. The lowest BCUT2D eigenvalue weighted by atomic mass is 9.53. The van der Waals surface area contributed by atoms with Gasteiger partial charge in [0, 0.05) is 31.5 Å². The van der Waals surface area contributed by atoms with E-state index < -0.39 is 0 Å². The van der Waals surface area contributed by atoms with Gasteiger partial charge in [-0.25, -0.2) is 0 Å². The summed E-state index contributed by atoms with van der Waals surface area (Å²) in [5.74, 6) is 2.81. The number of carbonyl (C=O) groups excluding carboxylic acids is 2. The van der Waals surface area contributed by atoms with Gasteiger partial charge in [-0.05, 0) is 75.5 Å². The molecule has 4 aliphatic carbocycles. The number of hydrogen-bond acceptors (Lipinski definition) is 2. The molecule has 0 aromatic carbocycles. The summed E-state index contributed by atoms with van der Waals surface area (Å²) in [6.07, 6.45) is 12.0. The van der Waals surface area contributed by atoms with Crippen molar-refractivity contribution in [3.05, 3.63) is 0 Å². The van der Waals surface area contributed by atoms with Crippen LogP contribution in [0, 0.1) is 17.8 Å². The molecule has 5 rings (SSSR count). The molecule has 0 unspecified atom stereocenters. The minimum absolute atomic E-state index is 0.0833. The number of likely N-dealkylation sites (tertiary alicyclic amines) is 1. The van der Waals surface area contributed by atoms with Gasteiger partial charge < -0.3 is 10.2 Å². The summed E-state index contributed by atoms with van der Waals surface area (Å²) in [4.78, 5) is 26.6. The molecular weight excluding hydrogens is 288 g/mol. The summed E-state index contributed by atoms with van der Waals surface area (Å²) >= 11 is 0. The Balaban J connectivity index is 1.28. The molecule has 5 fully saturated rings. The molecule has 4 bridgehead atoms. The van der Waals surface area contributed by atoms with Crippen molar-refractivity contribution in [1.82, 2.24) is 10.2 Å². The molecule has 5 aliphatic rings. The average Bonchev–Trinajstić information content (AvgIpc) is 2.51. The highest BCUT2D eigenvalue weighted by atomic mass is 16.2. The Bertz CT molecular complexity index is 446. The summed E-state index contributed by atoms with van der Waals surface area (Å²) < 4.78 is 0. The van der Waals surface area contributed by atoms with E-state index >= 15 is 0 Å². The molecule has 0 atom stereocenters. The quantitative estimate of drug-likeness (QED) is 0.866. The van der Waals surface area contributed by atoms with Crippen LogP contribution in [0.25, 0.3) is 0 Å².